The number of amides is 2. The quantitative estimate of drug-likeness (QED) is 0.0307. The van der Waals surface area contributed by atoms with E-state index in [-0.39, 0.29) is 12.3 Å². The van der Waals surface area contributed by atoms with Crippen molar-refractivity contribution < 1.29 is 114 Å². The fraction of sp³-hybridized carbons (Fsp3) is 0.938. The van der Waals surface area contributed by atoms with Gasteiger partial charge in [0.25, 0.3) is 0 Å². The molecular formula is C64H118N2O23. The molecule has 4 fully saturated rings. The summed E-state index contributed by atoms with van der Waals surface area (Å²) in [6.07, 6.45) is 1.74. The fourth-order valence-corrected chi connectivity index (χ4v) is 12.1. The van der Waals surface area contributed by atoms with Gasteiger partial charge in [-0.05, 0) is 19.3 Å². The Balaban J connectivity index is 1.41. The number of aliphatic hydroxyl groups is 13. The topological polar surface area (TPSA) is 395 Å². The molecule has 4 aliphatic rings. The summed E-state index contributed by atoms with van der Waals surface area (Å²) in [6.45, 7) is 1.49. The summed E-state index contributed by atoms with van der Waals surface area (Å²) in [6, 6.07) is -2.61. The predicted molar refractivity (Wildman–Crippen MR) is 326 cm³/mol. The van der Waals surface area contributed by atoms with E-state index in [4.69, 9.17) is 37.9 Å². The first-order valence-corrected chi connectivity index (χ1v) is 33.9. The summed E-state index contributed by atoms with van der Waals surface area (Å²) in [5.41, 5.74) is 0. The third kappa shape index (κ3) is 27.2. The molecule has 0 aromatic carbocycles. The SMILES string of the molecule is CCCCCCCCCCCCC/C=C/[C@@H](O)[C@H](CO[C@@H]1OC(CO)[C@@H](O[C@@H]2OC(CO)[C@H](O[C@@H]3OC(CO)[C@H](O)[C@H](O)C3NC(C)=O)[C@H](O[C@H]3OC(CO)[C@H](O)[C@H](O)C3O)C2O)[C@H](O)C1O)NC(=O)CCCCCCCCCCCCCCCCCCC. The zero-order valence-electron chi connectivity index (χ0n) is 53.5. The van der Waals surface area contributed by atoms with Crippen LogP contribution in [0, 0.1) is 0 Å². The first-order chi connectivity index (χ1) is 43.0. The zero-order chi connectivity index (χ0) is 65.1. The number of carbonyl (C=O) groups excluding carboxylic acids is 2. The van der Waals surface area contributed by atoms with E-state index in [9.17, 15) is 76.0 Å². The minimum atomic E-state index is -2.17. The Labute approximate surface area is 528 Å². The van der Waals surface area contributed by atoms with Crippen LogP contribution in [-0.2, 0) is 47.5 Å². The lowest BCUT2D eigenvalue weighted by Crippen LogP contribution is -2.69. The highest BCUT2D eigenvalue weighted by Gasteiger charge is 2.57. The molecule has 4 saturated heterocycles. The number of aliphatic hydroxyl groups excluding tert-OH is 13. The van der Waals surface area contributed by atoms with E-state index < -0.39 is 174 Å². The second-order valence-electron chi connectivity index (χ2n) is 25.0. The molecule has 4 rings (SSSR count). The molecule has 0 radical (unpaired) electrons. The van der Waals surface area contributed by atoms with Gasteiger partial charge in [-0.15, -0.1) is 0 Å². The van der Waals surface area contributed by atoms with Crippen LogP contribution in [0.25, 0.3) is 0 Å². The maximum absolute atomic E-state index is 13.5. The summed E-state index contributed by atoms with van der Waals surface area (Å²) in [5, 5.41) is 147. The van der Waals surface area contributed by atoms with Crippen LogP contribution in [0.1, 0.15) is 213 Å². The van der Waals surface area contributed by atoms with Gasteiger partial charge in [-0.1, -0.05) is 193 Å². The maximum atomic E-state index is 13.5. The zero-order valence-corrected chi connectivity index (χ0v) is 53.5. The molecule has 22 atom stereocenters. The maximum Gasteiger partial charge on any atom is 0.220 e. The highest BCUT2D eigenvalue weighted by Crippen LogP contribution is 2.36. The lowest BCUT2D eigenvalue weighted by molar-refractivity contribution is -0.395. The van der Waals surface area contributed by atoms with Gasteiger partial charge in [0.15, 0.2) is 25.2 Å². The van der Waals surface area contributed by atoms with Crippen LogP contribution >= 0.6 is 0 Å². The average molecular weight is 1280 g/mol. The van der Waals surface area contributed by atoms with Gasteiger partial charge in [0.1, 0.15) is 97.6 Å². The summed E-state index contributed by atoms with van der Waals surface area (Å²) in [4.78, 5) is 25.8. The van der Waals surface area contributed by atoms with E-state index >= 15 is 0 Å². The molecule has 2 amide bonds. The van der Waals surface area contributed by atoms with Crippen molar-refractivity contribution in [3.63, 3.8) is 0 Å². The molecule has 0 aliphatic carbocycles. The minimum absolute atomic E-state index is 0.202. The molecule has 15 N–H and O–H groups in total. The molecule has 25 heteroatoms. The summed E-state index contributed by atoms with van der Waals surface area (Å²) >= 11 is 0. The Morgan fingerprint density at radius 3 is 1.33 bits per heavy atom. The number of carbonyl (C=O) groups is 2. The third-order valence-electron chi connectivity index (χ3n) is 17.6. The van der Waals surface area contributed by atoms with Gasteiger partial charge >= 0.3 is 0 Å². The number of ether oxygens (including phenoxy) is 8. The Morgan fingerprint density at radius 2 is 0.831 bits per heavy atom. The van der Waals surface area contributed by atoms with Crippen molar-refractivity contribution in [1.82, 2.24) is 10.6 Å². The standard InChI is InChI=1S/C64H118N2O23/c1-4-6-8-10-12-14-16-18-19-20-21-23-25-27-29-31-33-35-48(73)66-42(43(72)34-32-30-28-26-24-22-17-15-13-11-9-7-5-2)40-82-62-56(80)54(78)58(46(38-69)85-62)87-64-57(81)60(89-63-55(79)53(77)51(75)45(37-68)84-63)59(47(39-70)86-64)88-61-49(65-41(3)71)52(76)50(74)44(36-67)83-61/h32,34,42-47,49-64,67-70,72,74-81H,4-31,33,35-40H2,1-3H3,(H,65,71)(H,66,73)/b34-32+/t42-,43+,44?,45?,46?,47?,49?,50-,51-,52+,53-,54+,55?,56?,57?,58+,59-,60+,61-,62+,63+,64-/m0/s1. The second-order valence-corrected chi connectivity index (χ2v) is 25.0. The van der Waals surface area contributed by atoms with E-state index in [1.165, 1.54) is 128 Å². The Kier molecular flexibility index (Phi) is 40.3. The van der Waals surface area contributed by atoms with Gasteiger partial charge in [-0.25, -0.2) is 0 Å². The molecule has 8 unspecified atom stereocenters. The molecule has 0 aromatic rings. The van der Waals surface area contributed by atoms with E-state index in [0.717, 1.165) is 51.9 Å². The van der Waals surface area contributed by atoms with Crippen molar-refractivity contribution in [2.75, 3.05) is 33.0 Å². The molecule has 0 bridgehead atoms. The highest BCUT2D eigenvalue weighted by atomic mass is 16.8. The van der Waals surface area contributed by atoms with Gasteiger partial charge in [0.05, 0.1) is 45.2 Å². The van der Waals surface area contributed by atoms with Crippen LogP contribution in [0.2, 0.25) is 0 Å². The Morgan fingerprint density at radius 1 is 0.438 bits per heavy atom. The van der Waals surface area contributed by atoms with Crippen molar-refractivity contribution in [3.8, 4) is 0 Å². The summed E-state index contributed by atoms with van der Waals surface area (Å²) in [7, 11) is 0. The molecule has 0 spiro atoms. The molecule has 522 valence electrons. The normalized spacial score (nSPS) is 33.3. The van der Waals surface area contributed by atoms with E-state index in [2.05, 4.69) is 24.5 Å². The fourth-order valence-electron chi connectivity index (χ4n) is 12.1. The van der Waals surface area contributed by atoms with Crippen LogP contribution in [0.5, 0.6) is 0 Å². The van der Waals surface area contributed by atoms with Crippen LogP contribution in [-0.4, -0.2) is 246 Å². The molecule has 4 heterocycles. The van der Waals surface area contributed by atoms with Gasteiger partial charge in [-0.2, -0.15) is 0 Å². The van der Waals surface area contributed by atoms with Crippen LogP contribution in [0.3, 0.4) is 0 Å². The predicted octanol–water partition coefficient (Wildman–Crippen LogP) is 2.56. The lowest BCUT2D eigenvalue weighted by atomic mass is 9.94. The molecular weight excluding hydrogens is 1160 g/mol. The molecule has 25 nitrogen and oxygen atoms in total. The highest BCUT2D eigenvalue weighted by molar-refractivity contribution is 5.76. The van der Waals surface area contributed by atoms with Crippen molar-refractivity contribution >= 4 is 11.8 Å². The smallest absolute Gasteiger partial charge is 0.220 e. The molecule has 4 aliphatic heterocycles. The number of unbranched alkanes of at least 4 members (excludes halogenated alkanes) is 27. The van der Waals surface area contributed by atoms with Crippen molar-refractivity contribution in [1.29, 1.82) is 0 Å². The van der Waals surface area contributed by atoms with E-state index in [1.54, 1.807) is 6.08 Å². The molecule has 0 saturated carbocycles. The first-order valence-electron chi connectivity index (χ1n) is 33.9. The second kappa shape index (κ2) is 45.3. The van der Waals surface area contributed by atoms with Crippen LogP contribution < -0.4 is 10.6 Å². The average Bonchev–Trinajstić information content (AvgIpc) is 1.34. The van der Waals surface area contributed by atoms with Crippen molar-refractivity contribution in [3.05, 3.63) is 12.2 Å². The van der Waals surface area contributed by atoms with Crippen molar-refractivity contribution in [2.24, 2.45) is 0 Å². The number of allylic oxidation sites excluding steroid dienone is 1. The van der Waals surface area contributed by atoms with Crippen LogP contribution in [0.15, 0.2) is 12.2 Å². The molecule has 89 heavy (non-hydrogen) atoms. The van der Waals surface area contributed by atoms with Gasteiger partial charge in [0, 0.05) is 13.3 Å². The summed E-state index contributed by atoms with van der Waals surface area (Å²) < 4.78 is 47.4. The number of hydrogen-bond donors (Lipinski definition) is 15. The van der Waals surface area contributed by atoms with Gasteiger partial charge < -0.3 is 115 Å². The molecule has 0 aromatic heterocycles. The van der Waals surface area contributed by atoms with Gasteiger partial charge in [-0.3, -0.25) is 9.59 Å². The lowest BCUT2D eigenvalue weighted by Gasteiger charge is -2.50. The monoisotopic (exact) mass is 1280 g/mol. The minimum Gasteiger partial charge on any atom is -0.394 e. The number of nitrogens with one attached hydrogen (secondary N) is 2. The Hall–Kier alpha value is -2.16. The Bertz CT molecular complexity index is 1860. The van der Waals surface area contributed by atoms with E-state index in [0.29, 0.717) is 12.8 Å². The first kappa shape index (κ1) is 79.3. The van der Waals surface area contributed by atoms with Gasteiger partial charge in [0.2, 0.25) is 11.8 Å². The third-order valence-corrected chi connectivity index (χ3v) is 17.6. The number of hydrogen-bond acceptors (Lipinski definition) is 23. The summed E-state index contributed by atoms with van der Waals surface area (Å²) in [5.74, 6) is -1.04. The van der Waals surface area contributed by atoms with Crippen LogP contribution in [0.4, 0.5) is 0 Å². The largest absolute Gasteiger partial charge is 0.394 e. The van der Waals surface area contributed by atoms with E-state index in [1.807, 2.05) is 6.08 Å². The van der Waals surface area contributed by atoms with Crippen molar-refractivity contribution in [2.45, 2.75) is 348 Å². The number of rotatable bonds is 47.